The fourth-order valence-corrected chi connectivity index (χ4v) is 1.36. The summed E-state index contributed by atoms with van der Waals surface area (Å²) in [4.78, 5) is 4.69. The lowest BCUT2D eigenvalue weighted by molar-refractivity contribution is 0.151. The van der Waals surface area contributed by atoms with Gasteiger partial charge >= 0.3 is 0 Å². The van der Waals surface area contributed by atoms with Crippen molar-refractivity contribution in [2.45, 2.75) is 6.42 Å². The summed E-state index contributed by atoms with van der Waals surface area (Å²) in [6, 6.07) is 0. The summed E-state index contributed by atoms with van der Waals surface area (Å²) >= 11 is 0. The van der Waals surface area contributed by atoms with Crippen LogP contribution in [0.2, 0.25) is 0 Å². The minimum absolute atomic E-state index is 0.300. The summed E-state index contributed by atoms with van der Waals surface area (Å²) in [6.07, 6.45) is 0.712. The molecule has 12 heavy (non-hydrogen) atoms. The molecule has 0 radical (unpaired) electrons. The Labute approximate surface area is 74.3 Å². The second kappa shape index (κ2) is 4.48. The summed E-state index contributed by atoms with van der Waals surface area (Å²) < 4.78 is 0. The van der Waals surface area contributed by atoms with Crippen LogP contribution in [0, 0.1) is 0 Å². The molecule has 70 valence electrons. The third-order valence-electron chi connectivity index (χ3n) is 2.31. The summed E-state index contributed by atoms with van der Waals surface area (Å²) in [6.45, 7) is 8.92. The standard InChI is InChI=1S/C9H18N2O/c1-9(12)3-4-11-7-5-10(2)6-8-11/h12H,1,3-8H2,2H3. The van der Waals surface area contributed by atoms with Gasteiger partial charge < -0.3 is 14.9 Å². The zero-order valence-corrected chi connectivity index (χ0v) is 7.79. The highest BCUT2D eigenvalue weighted by Crippen LogP contribution is 2.02. The van der Waals surface area contributed by atoms with Gasteiger partial charge in [-0.1, -0.05) is 6.58 Å². The molecule has 1 saturated heterocycles. The maximum atomic E-state index is 8.90. The van der Waals surface area contributed by atoms with Crippen LogP contribution < -0.4 is 0 Å². The van der Waals surface area contributed by atoms with Gasteiger partial charge in [-0.05, 0) is 7.05 Å². The van der Waals surface area contributed by atoms with Crippen LogP contribution in [-0.2, 0) is 0 Å². The molecule has 0 saturated carbocycles. The van der Waals surface area contributed by atoms with Crippen LogP contribution in [0.25, 0.3) is 0 Å². The van der Waals surface area contributed by atoms with Gasteiger partial charge in [0.1, 0.15) is 0 Å². The van der Waals surface area contributed by atoms with Crippen molar-refractivity contribution in [3.05, 3.63) is 12.3 Å². The summed E-state index contributed by atoms with van der Waals surface area (Å²) in [7, 11) is 2.14. The van der Waals surface area contributed by atoms with Crippen LogP contribution in [0.1, 0.15) is 6.42 Å². The number of hydrogen-bond acceptors (Lipinski definition) is 3. The van der Waals surface area contributed by atoms with Crippen molar-refractivity contribution in [2.24, 2.45) is 0 Å². The van der Waals surface area contributed by atoms with Gasteiger partial charge in [-0.3, -0.25) is 0 Å². The minimum atomic E-state index is 0.300. The number of hydrogen-bond donors (Lipinski definition) is 1. The predicted octanol–water partition coefficient (Wildman–Crippen LogP) is 0.696. The van der Waals surface area contributed by atoms with Gasteiger partial charge in [-0.15, -0.1) is 0 Å². The smallest absolute Gasteiger partial charge is 0.0863 e. The Balaban J connectivity index is 2.13. The van der Waals surface area contributed by atoms with Crippen LogP contribution in [-0.4, -0.2) is 54.7 Å². The van der Waals surface area contributed by atoms with Crippen molar-refractivity contribution in [2.75, 3.05) is 39.8 Å². The molecule has 1 N–H and O–H groups in total. The Hall–Kier alpha value is -0.540. The number of piperazine rings is 1. The molecule has 0 atom stereocenters. The molecule has 3 heteroatoms. The van der Waals surface area contributed by atoms with Gasteiger partial charge in [-0.25, -0.2) is 0 Å². The van der Waals surface area contributed by atoms with Crippen molar-refractivity contribution in [3.63, 3.8) is 0 Å². The van der Waals surface area contributed by atoms with E-state index in [2.05, 4.69) is 23.4 Å². The highest BCUT2D eigenvalue weighted by atomic mass is 16.3. The topological polar surface area (TPSA) is 26.7 Å². The van der Waals surface area contributed by atoms with E-state index in [0.717, 1.165) is 32.7 Å². The number of rotatable bonds is 3. The quantitative estimate of drug-likeness (QED) is 0.631. The minimum Gasteiger partial charge on any atom is -0.513 e. The molecular weight excluding hydrogens is 152 g/mol. The fourth-order valence-electron chi connectivity index (χ4n) is 1.36. The average molecular weight is 170 g/mol. The summed E-state index contributed by atoms with van der Waals surface area (Å²) in [5.41, 5.74) is 0. The zero-order chi connectivity index (χ0) is 8.97. The van der Waals surface area contributed by atoms with Gasteiger partial charge in [-0.2, -0.15) is 0 Å². The Kier molecular flexibility index (Phi) is 3.56. The fraction of sp³-hybridized carbons (Fsp3) is 0.778. The zero-order valence-electron chi connectivity index (χ0n) is 7.79. The third-order valence-corrected chi connectivity index (χ3v) is 2.31. The molecule has 1 aliphatic rings. The molecule has 3 nitrogen and oxygen atoms in total. The van der Waals surface area contributed by atoms with E-state index in [4.69, 9.17) is 5.11 Å². The van der Waals surface area contributed by atoms with Gasteiger partial charge in [0.25, 0.3) is 0 Å². The molecule has 0 aromatic rings. The molecule has 0 aromatic heterocycles. The molecule has 0 unspecified atom stereocenters. The van der Waals surface area contributed by atoms with Crippen molar-refractivity contribution in [3.8, 4) is 0 Å². The van der Waals surface area contributed by atoms with E-state index >= 15 is 0 Å². The molecule has 0 bridgehead atoms. The third kappa shape index (κ3) is 3.24. The lowest BCUT2D eigenvalue weighted by Gasteiger charge is -2.32. The Morgan fingerprint density at radius 3 is 2.42 bits per heavy atom. The first kappa shape index (κ1) is 9.55. The van der Waals surface area contributed by atoms with Gasteiger partial charge in [0.05, 0.1) is 5.76 Å². The molecule has 0 aliphatic carbocycles. The largest absolute Gasteiger partial charge is 0.513 e. The van der Waals surface area contributed by atoms with Crippen LogP contribution in [0.15, 0.2) is 12.3 Å². The molecule has 0 aromatic carbocycles. The molecular formula is C9H18N2O. The Bertz CT molecular complexity index is 151. The van der Waals surface area contributed by atoms with E-state index < -0.39 is 0 Å². The molecule has 1 aliphatic heterocycles. The van der Waals surface area contributed by atoms with Gasteiger partial charge in [0, 0.05) is 39.1 Å². The molecule has 1 heterocycles. The highest BCUT2D eigenvalue weighted by Gasteiger charge is 2.12. The first-order chi connectivity index (χ1) is 5.68. The summed E-state index contributed by atoms with van der Waals surface area (Å²) in [5.74, 6) is 0.300. The van der Waals surface area contributed by atoms with Gasteiger partial charge in [0.15, 0.2) is 0 Å². The molecule has 1 fully saturated rings. The van der Waals surface area contributed by atoms with Crippen molar-refractivity contribution >= 4 is 0 Å². The van der Waals surface area contributed by atoms with Crippen LogP contribution in [0.5, 0.6) is 0 Å². The first-order valence-corrected chi connectivity index (χ1v) is 4.46. The van der Waals surface area contributed by atoms with Crippen molar-refractivity contribution < 1.29 is 5.11 Å². The van der Waals surface area contributed by atoms with E-state index in [9.17, 15) is 0 Å². The first-order valence-electron chi connectivity index (χ1n) is 4.46. The normalized spacial score (nSPS) is 21.1. The second-order valence-electron chi connectivity index (χ2n) is 3.46. The molecule has 1 rings (SSSR count). The summed E-state index contributed by atoms with van der Waals surface area (Å²) in [5, 5.41) is 8.90. The Morgan fingerprint density at radius 2 is 1.92 bits per heavy atom. The number of likely N-dealkylation sites (N-methyl/N-ethyl adjacent to an activating group) is 1. The molecule has 0 amide bonds. The van der Waals surface area contributed by atoms with Crippen molar-refractivity contribution in [1.29, 1.82) is 0 Å². The SMILES string of the molecule is C=C(O)CCN1CCN(C)CC1. The lowest BCUT2D eigenvalue weighted by Crippen LogP contribution is -2.44. The maximum Gasteiger partial charge on any atom is 0.0863 e. The van der Waals surface area contributed by atoms with E-state index in [1.165, 1.54) is 0 Å². The van der Waals surface area contributed by atoms with Gasteiger partial charge in [0.2, 0.25) is 0 Å². The highest BCUT2D eigenvalue weighted by molar-refractivity contribution is 4.81. The van der Waals surface area contributed by atoms with E-state index in [-0.39, 0.29) is 0 Å². The Morgan fingerprint density at radius 1 is 1.33 bits per heavy atom. The van der Waals surface area contributed by atoms with E-state index in [0.29, 0.717) is 12.2 Å². The average Bonchev–Trinajstić information content (AvgIpc) is 2.03. The predicted molar refractivity (Wildman–Crippen MR) is 50.3 cm³/mol. The number of aliphatic hydroxyl groups is 1. The monoisotopic (exact) mass is 170 g/mol. The second-order valence-corrected chi connectivity index (χ2v) is 3.46. The van der Waals surface area contributed by atoms with E-state index in [1.54, 1.807) is 0 Å². The van der Waals surface area contributed by atoms with Crippen LogP contribution >= 0.6 is 0 Å². The van der Waals surface area contributed by atoms with Crippen molar-refractivity contribution in [1.82, 2.24) is 9.80 Å². The maximum absolute atomic E-state index is 8.90. The number of nitrogens with zero attached hydrogens (tertiary/aromatic N) is 2. The lowest BCUT2D eigenvalue weighted by atomic mass is 10.3. The van der Waals surface area contributed by atoms with Crippen LogP contribution in [0.4, 0.5) is 0 Å². The molecule has 0 spiro atoms. The van der Waals surface area contributed by atoms with E-state index in [1.807, 2.05) is 0 Å². The van der Waals surface area contributed by atoms with Crippen LogP contribution in [0.3, 0.4) is 0 Å². The number of aliphatic hydroxyl groups excluding tert-OH is 1.